The predicted octanol–water partition coefficient (Wildman–Crippen LogP) is 2.65. The molecule has 1 fully saturated rings. The van der Waals surface area contributed by atoms with Crippen molar-refractivity contribution in [3.05, 3.63) is 23.9 Å². The molecule has 1 aliphatic rings. The number of nitrogens with zero attached hydrogens (tertiary/aromatic N) is 2. The van der Waals surface area contributed by atoms with E-state index < -0.39 is 11.7 Å². The van der Waals surface area contributed by atoms with E-state index in [0.29, 0.717) is 13.1 Å². The first kappa shape index (κ1) is 11.6. The Morgan fingerprint density at radius 2 is 1.94 bits per heavy atom. The van der Waals surface area contributed by atoms with Crippen molar-refractivity contribution < 1.29 is 13.2 Å². The maximum absolute atomic E-state index is 12.7. The lowest BCUT2D eigenvalue weighted by molar-refractivity contribution is -0.137. The summed E-state index contributed by atoms with van der Waals surface area (Å²) in [7, 11) is 0. The standard InChI is InChI=1S/C10H11F3N2S/c11-10(12,13)8-2-1-3-14-9(8)15-4-6-16-7-5-15/h1-3H,4-7H2. The molecular formula is C10H11F3N2S. The number of rotatable bonds is 1. The molecule has 0 spiro atoms. The molecule has 1 aliphatic heterocycles. The van der Waals surface area contributed by atoms with Gasteiger partial charge in [-0.15, -0.1) is 0 Å². The molecule has 1 aromatic heterocycles. The second-order valence-electron chi connectivity index (χ2n) is 3.47. The Kier molecular flexibility index (Phi) is 3.28. The molecule has 0 aliphatic carbocycles. The number of hydrogen-bond acceptors (Lipinski definition) is 3. The highest BCUT2D eigenvalue weighted by atomic mass is 32.2. The highest BCUT2D eigenvalue weighted by Crippen LogP contribution is 2.35. The first-order chi connectivity index (χ1) is 7.59. The van der Waals surface area contributed by atoms with Gasteiger partial charge in [-0.2, -0.15) is 24.9 Å². The second-order valence-corrected chi connectivity index (χ2v) is 4.70. The van der Waals surface area contributed by atoms with Crippen LogP contribution in [0.4, 0.5) is 19.0 Å². The summed E-state index contributed by atoms with van der Waals surface area (Å²) in [5.74, 6) is 1.78. The van der Waals surface area contributed by atoms with Gasteiger partial charge in [-0.3, -0.25) is 0 Å². The van der Waals surface area contributed by atoms with Crippen LogP contribution in [0, 0.1) is 0 Å². The number of aromatic nitrogens is 1. The van der Waals surface area contributed by atoms with Crippen LogP contribution in [0.25, 0.3) is 0 Å². The van der Waals surface area contributed by atoms with E-state index in [0.717, 1.165) is 17.6 Å². The molecule has 0 saturated carbocycles. The molecule has 2 heterocycles. The highest BCUT2D eigenvalue weighted by Gasteiger charge is 2.35. The average Bonchev–Trinajstić information content (AvgIpc) is 2.29. The molecule has 0 N–H and O–H groups in total. The Morgan fingerprint density at radius 1 is 1.25 bits per heavy atom. The van der Waals surface area contributed by atoms with Crippen LogP contribution in [-0.4, -0.2) is 29.6 Å². The van der Waals surface area contributed by atoms with Gasteiger partial charge in [0.1, 0.15) is 5.82 Å². The smallest absolute Gasteiger partial charge is 0.354 e. The number of anilines is 1. The van der Waals surface area contributed by atoms with E-state index in [1.165, 1.54) is 12.3 Å². The summed E-state index contributed by atoms with van der Waals surface area (Å²) in [6.45, 7) is 1.26. The molecule has 1 saturated heterocycles. The Bertz CT molecular complexity index is 361. The molecule has 0 atom stereocenters. The summed E-state index contributed by atoms with van der Waals surface area (Å²) < 4.78 is 38.2. The number of thioether (sulfide) groups is 1. The highest BCUT2D eigenvalue weighted by molar-refractivity contribution is 7.99. The maximum Gasteiger partial charge on any atom is 0.419 e. The Morgan fingerprint density at radius 3 is 2.56 bits per heavy atom. The second kappa shape index (κ2) is 4.53. The fourth-order valence-electron chi connectivity index (χ4n) is 1.65. The van der Waals surface area contributed by atoms with Crippen LogP contribution < -0.4 is 4.90 Å². The van der Waals surface area contributed by atoms with E-state index in [4.69, 9.17) is 0 Å². The Labute approximate surface area is 95.8 Å². The van der Waals surface area contributed by atoms with E-state index >= 15 is 0 Å². The van der Waals surface area contributed by atoms with Crippen molar-refractivity contribution in [2.24, 2.45) is 0 Å². The molecule has 6 heteroatoms. The minimum absolute atomic E-state index is 0.0651. The molecule has 2 rings (SSSR count). The van der Waals surface area contributed by atoms with E-state index in [9.17, 15) is 13.2 Å². The van der Waals surface area contributed by atoms with Gasteiger partial charge >= 0.3 is 6.18 Å². The lowest BCUT2D eigenvalue weighted by Crippen LogP contribution is -2.34. The van der Waals surface area contributed by atoms with Crippen LogP contribution in [0.1, 0.15) is 5.56 Å². The minimum atomic E-state index is -4.33. The zero-order valence-corrected chi connectivity index (χ0v) is 9.31. The molecular weight excluding hydrogens is 237 g/mol. The lowest BCUT2D eigenvalue weighted by Gasteiger charge is -2.29. The summed E-state index contributed by atoms with van der Waals surface area (Å²) in [5.41, 5.74) is -0.637. The molecule has 88 valence electrons. The minimum Gasteiger partial charge on any atom is -0.354 e. The zero-order valence-electron chi connectivity index (χ0n) is 8.50. The van der Waals surface area contributed by atoms with Crippen LogP contribution in [0.2, 0.25) is 0 Å². The van der Waals surface area contributed by atoms with Gasteiger partial charge in [0.25, 0.3) is 0 Å². The van der Waals surface area contributed by atoms with E-state index in [-0.39, 0.29) is 5.82 Å². The quantitative estimate of drug-likeness (QED) is 0.760. The van der Waals surface area contributed by atoms with Crippen LogP contribution >= 0.6 is 11.8 Å². The third-order valence-corrected chi connectivity index (χ3v) is 3.35. The van der Waals surface area contributed by atoms with Gasteiger partial charge in [0.2, 0.25) is 0 Å². The van der Waals surface area contributed by atoms with Crippen molar-refractivity contribution in [2.45, 2.75) is 6.18 Å². The number of alkyl halides is 3. The largest absolute Gasteiger partial charge is 0.419 e. The molecule has 0 amide bonds. The van der Waals surface area contributed by atoms with Crippen LogP contribution in [0.5, 0.6) is 0 Å². The monoisotopic (exact) mass is 248 g/mol. The average molecular weight is 248 g/mol. The van der Waals surface area contributed by atoms with Gasteiger partial charge in [-0.05, 0) is 12.1 Å². The first-order valence-corrected chi connectivity index (χ1v) is 6.09. The molecule has 0 aromatic carbocycles. The Hall–Kier alpha value is -0.910. The van der Waals surface area contributed by atoms with Crippen molar-refractivity contribution in [3.8, 4) is 0 Å². The predicted molar refractivity (Wildman–Crippen MR) is 58.8 cm³/mol. The first-order valence-electron chi connectivity index (χ1n) is 4.94. The normalized spacial score (nSPS) is 17.6. The summed E-state index contributed by atoms with van der Waals surface area (Å²) in [5, 5.41) is 0. The van der Waals surface area contributed by atoms with Crippen LogP contribution in [0.15, 0.2) is 18.3 Å². The van der Waals surface area contributed by atoms with E-state index in [1.54, 1.807) is 16.7 Å². The summed E-state index contributed by atoms with van der Waals surface area (Å²) in [6.07, 6.45) is -2.92. The topological polar surface area (TPSA) is 16.1 Å². The summed E-state index contributed by atoms with van der Waals surface area (Å²) in [6, 6.07) is 2.41. The zero-order chi connectivity index (χ0) is 11.6. The number of halogens is 3. The van der Waals surface area contributed by atoms with Crippen molar-refractivity contribution in [2.75, 3.05) is 29.5 Å². The van der Waals surface area contributed by atoms with Crippen LogP contribution in [-0.2, 0) is 6.18 Å². The third kappa shape index (κ3) is 2.42. The number of pyridine rings is 1. The molecule has 0 radical (unpaired) electrons. The Balaban J connectivity index is 2.32. The van der Waals surface area contributed by atoms with E-state index in [1.807, 2.05) is 0 Å². The van der Waals surface area contributed by atoms with Crippen molar-refractivity contribution >= 4 is 17.6 Å². The van der Waals surface area contributed by atoms with Gasteiger partial charge in [-0.25, -0.2) is 4.98 Å². The third-order valence-electron chi connectivity index (χ3n) is 2.40. The van der Waals surface area contributed by atoms with Gasteiger partial charge in [0.15, 0.2) is 0 Å². The summed E-state index contributed by atoms with van der Waals surface area (Å²) >= 11 is 1.76. The van der Waals surface area contributed by atoms with Crippen LogP contribution in [0.3, 0.4) is 0 Å². The molecule has 1 aromatic rings. The van der Waals surface area contributed by atoms with Gasteiger partial charge in [-0.1, -0.05) is 0 Å². The maximum atomic E-state index is 12.7. The van der Waals surface area contributed by atoms with Gasteiger partial charge in [0, 0.05) is 30.8 Å². The number of hydrogen-bond donors (Lipinski definition) is 0. The molecule has 2 nitrogen and oxygen atoms in total. The lowest BCUT2D eigenvalue weighted by atomic mass is 10.2. The van der Waals surface area contributed by atoms with E-state index in [2.05, 4.69) is 4.98 Å². The summed E-state index contributed by atoms with van der Waals surface area (Å²) in [4.78, 5) is 5.57. The fraction of sp³-hybridized carbons (Fsp3) is 0.500. The molecule has 0 unspecified atom stereocenters. The molecule has 16 heavy (non-hydrogen) atoms. The van der Waals surface area contributed by atoms with Crippen molar-refractivity contribution in [3.63, 3.8) is 0 Å². The van der Waals surface area contributed by atoms with Gasteiger partial charge in [0.05, 0.1) is 5.56 Å². The SMILES string of the molecule is FC(F)(F)c1cccnc1N1CCSCC1. The van der Waals surface area contributed by atoms with Crippen molar-refractivity contribution in [1.82, 2.24) is 4.98 Å². The van der Waals surface area contributed by atoms with Crippen molar-refractivity contribution in [1.29, 1.82) is 0 Å². The fourth-order valence-corrected chi connectivity index (χ4v) is 2.55. The van der Waals surface area contributed by atoms with Gasteiger partial charge < -0.3 is 4.90 Å². The molecule has 0 bridgehead atoms.